The lowest BCUT2D eigenvalue weighted by molar-refractivity contribution is 0.194. The van der Waals surface area contributed by atoms with E-state index in [2.05, 4.69) is 12.2 Å². The molecular weight excluding hydrogens is 177 g/mol. The molecule has 2 atom stereocenters. The van der Waals surface area contributed by atoms with E-state index in [1.165, 1.54) is 25.7 Å². The highest BCUT2D eigenvalue weighted by molar-refractivity contribution is 4.73. The number of hydrogen-bond acceptors (Lipinski definition) is 1. The summed E-state index contributed by atoms with van der Waals surface area (Å²) in [5, 5.41) is 2.99. The van der Waals surface area contributed by atoms with E-state index in [9.17, 15) is 4.39 Å². The Morgan fingerprint density at radius 2 is 2.00 bits per heavy atom. The Labute approximate surface area is 87.5 Å². The molecule has 0 aromatic heterocycles. The van der Waals surface area contributed by atoms with Crippen molar-refractivity contribution in [2.24, 2.45) is 11.8 Å². The van der Waals surface area contributed by atoms with Crippen LogP contribution in [0.2, 0.25) is 0 Å². The summed E-state index contributed by atoms with van der Waals surface area (Å²) < 4.78 is 12.5. The molecule has 2 aliphatic rings. The van der Waals surface area contributed by atoms with Crippen LogP contribution in [0.3, 0.4) is 0 Å². The van der Waals surface area contributed by atoms with Crippen molar-refractivity contribution in [1.29, 1.82) is 0 Å². The zero-order valence-electron chi connectivity index (χ0n) is 9.56. The molecule has 2 rings (SSSR count). The molecule has 1 saturated carbocycles. The van der Waals surface area contributed by atoms with Crippen LogP contribution in [-0.2, 0) is 0 Å². The number of hydrogen-bond donors (Lipinski definition) is 1. The van der Waals surface area contributed by atoms with Gasteiger partial charge in [0.15, 0.2) is 0 Å². The first-order valence-electron chi connectivity index (χ1n) is 6.08. The third kappa shape index (κ3) is 3.95. The third-order valence-electron chi connectivity index (χ3n) is 3.54. The summed E-state index contributed by atoms with van der Waals surface area (Å²) in [7, 11) is 0. The van der Waals surface area contributed by atoms with Crippen LogP contribution in [0.25, 0.3) is 0 Å². The molecule has 2 heteroatoms. The van der Waals surface area contributed by atoms with E-state index in [0.717, 1.165) is 18.9 Å². The summed E-state index contributed by atoms with van der Waals surface area (Å²) in [6.45, 7) is 5.79. The molecule has 1 saturated heterocycles. The maximum absolute atomic E-state index is 12.5. The fourth-order valence-corrected chi connectivity index (χ4v) is 1.85. The number of piperidine rings is 1. The summed E-state index contributed by atoms with van der Waals surface area (Å²) >= 11 is 0. The zero-order chi connectivity index (χ0) is 10.4. The SMILES string of the molecule is CC1CCNCC1F.CCC1CCC1. The minimum Gasteiger partial charge on any atom is -0.314 e. The fraction of sp³-hybridized carbons (Fsp3) is 1.00. The Balaban J connectivity index is 0.000000146. The monoisotopic (exact) mass is 201 g/mol. The number of alkyl halides is 1. The van der Waals surface area contributed by atoms with Gasteiger partial charge in [-0.1, -0.05) is 39.5 Å². The van der Waals surface area contributed by atoms with Crippen molar-refractivity contribution in [3.8, 4) is 0 Å². The summed E-state index contributed by atoms with van der Waals surface area (Å²) in [4.78, 5) is 0. The molecule has 2 fully saturated rings. The molecule has 1 heterocycles. The molecule has 1 aliphatic heterocycles. The minimum atomic E-state index is -0.608. The lowest BCUT2D eigenvalue weighted by Gasteiger charge is -2.22. The summed E-state index contributed by atoms with van der Waals surface area (Å²) in [6.07, 6.45) is 6.32. The van der Waals surface area contributed by atoms with Gasteiger partial charge in [0.05, 0.1) is 0 Å². The van der Waals surface area contributed by atoms with Crippen molar-refractivity contribution in [1.82, 2.24) is 5.32 Å². The first kappa shape index (κ1) is 12.0. The van der Waals surface area contributed by atoms with Crippen LogP contribution < -0.4 is 5.32 Å². The van der Waals surface area contributed by atoms with Gasteiger partial charge in [0.25, 0.3) is 0 Å². The van der Waals surface area contributed by atoms with Gasteiger partial charge >= 0.3 is 0 Å². The predicted octanol–water partition coefficient (Wildman–Crippen LogP) is 3.15. The van der Waals surface area contributed by atoms with E-state index in [1.807, 2.05) is 6.92 Å². The van der Waals surface area contributed by atoms with Gasteiger partial charge in [-0.05, 0) is 24.8 Å². The van der Waals surface area contributed by atoms with E-state index in [4.69, 9.17) is 0 Å². The average molecular weight is 201 g/mol. The van der Waals surface area contributed by atoms with E-state index in [0.29, 0.717) is 6.54 Å². The second-order valence-electron chi connectivity index (χ2n) is 4.69. The van der Waals surface area contributed by atoms with Gasteiger partial charge in [0, 0.05) is 6.54 Å². The van der Waals surface area contributed by atoms with Gasteiger partial charge < -0.3 is 5.32 Å². The number of rotatable bonds is 1. The molecule has 1 aliphatic carbocycles. The molecule has 0 aromatic carbocycles. The van der Waals surface area contributed by atoms with Gasteiger partial charge in [0.2, 0.25) is 0 Å². The minimum absolute atomic E-state index is 0.274. The fourth-order valence-electron chi connectivity index (χ4n) is 1.85. The Kier molecular flexibility index (Phi) is 5.46. The summed E-state index contributed by atoms with van der Waals surface area (Å²) in [5.74, 6) is 1.39. The smallest absolute Gasteiger partial charge is 0.115 e. The molecule has 0 aromatic rings. The quantitative estimate of drug-likeness (QED) is 0.687. The van der Waals surface area contributed by atoms with Crippen LogP contribution in [0.5, 0.6) is 0 Å². The van der Waals surface area contributed by atoms with Crippen LogP contribution >= 0.6 is 0 Å². The molecule has 14 heavy (non-hydrogen) atoms. The lowest BCUT2D eigenvalue weighted by Crippen LogP contribution is -2.36. The maximum Gasteiger partial charge on any atom is 0.115 e. The van der Waals surface area contributed by atoms with E-state index < -0.39 is 6.17 Å². The zero-order valence-corrected chi connectivity index (χ0v) is 9.56. The molecule has 1 nitrogen and oxygen atoms in total. The van der Waals surface area contributed by atoms with Crippen LogP contribution in [0.1, 0.15) is 46.0 Å². The molecule has 0 bridgehead atoms. The molecule has 1 N–H and O–H groups in total. The number of halogens is 1. The van der Waals surface area contributed by atoms with Crippen molar-refractivity contribution >= 4 is 0 Å². The number of nitrogens with one attached hydrogen (secondary N) is 1. The average Bonchev–Trinajstić information content (AvgIpc) is 2.09. The first-order chi connectivity index (χ1) is 6.74. The highest BCUT2D eigenvalue weighted by Gasteiger charge is 2.18. The second kappa shape index (κ2) is 6.39. The van der Waals surface area contributed by atoms with Gasteiger partial charge in [-0.15, -0.1) is 0 Å². The molecule has 0 radical (unpaired) electrons. The van der Waals surface area contributed by atoms with Gasteiger partial charge in [-0.25, -0.2) is 4.39 Å². The van der Waals surface area contributed by atoms with E-state index in [-0.39, 0.29) is 5.92 Å². The Morgan fingerprint density at radius 3 is 2.21 bits per heavy atom. The topological polar surface area (TPSA) is 12.0 Å². The highest BCUT2D eigenvalue weighted by Crippen LogP contribution is 2.28. The van der Waals surface area contributed by atoms with Crippen molar-refractivity contribution in [2.45, 2.75) is 52.1 Å². The summed E-state index contributed by atoms with van der Waals surface area (Å²) in [6, 6.07) is 0. The Hall–Kier alpha value is -0.110. The van der Waals surface area contributed by atoms with Crippen molar-refractivity contribution in [2.75, 3.05) is 13.1 Å². The van der Waals surface area contributed by atoms with Crippen LogP contribution in [0, 0.1) is 11.8 Å². The first-order valence-corrected chi connectivity index (χ1v) is 6.08. The van der Waals surface area contributed by atoms with Crippen molar-refractivity contribution < 1.29 is 4.39 Å². The van der Waals surface area contributed by atoms with Crippen molar-refractivity contribution in [3.63, 3.8) is 0 Å². The normalized spacial score (nSPS) is 32.8. The third-order valence-corrected chi connectivity index (χ3v) is 3.54. The van der Waals surface area contributed by atoms with Gasteiger partial charge in [-0.3, -0.25) is 0 Å². The van der Waals surface area contributed by atoms with E-state index in [1.54, 1.807) is 0 Å². The molecular formula is C12H24FN. The molecule has 0 amide bonds. The largest absolute Gasteiger partial charge is 0.314 e. The summed E-state index contributed by atoms with van der Waals surface area (Å²) in [5.41, 5.74) is 0. The van der Waals surface area contributed by atoms with Gasteiger partial charge in [0.1, 0.15) is 6.17 Å². The molecule has 2 unspecified atom stereocenters. The predicted molar refractivity (Wildman–Crippen MR) is 59.2 cm³/mol. The molecule has 84 valence electrons. The van der Waals surface area contributed by atoms with Gasteiger partial charge in [-0.2, -0.15) is 0 Å². The van der Waals surface area contributed by atoms with E-state index >= 15 is 0 Å². The van der Waals surface area contributed by atoms with Crippen LogP contribution in [0.15, 0.2) is 0 Å². The lowest BCUT2D eigenvalue weighted by atomic mass is 9.84. The second-order valence-corrected chi connectivity index (χ2v) is 4.69. The Bertz CT molecular complexity index is 133. The van der Waals surface area contributed by atoms with Crippen molar-refractivity contribution in [3.05, 3.63) is 0 Å². The highest BCUT2D eigenvalue weighted by atomic mass is 19.1. The Morgan fingerprint density at radius 1 is 1.29 bits per heavy atom. The molecule has 0 spiro atoms. The maximum atomic E-state index is 12.5. The van der Waals surface area contributed by atoms with Crippen LogP contribution in [0.4, 0.5) is 4.39 Å². The van der Waals surface area contributed by atoms with Crippen LogP contribution in [-0.4, -0.2) is 19.3 Å². The standard InChI is InChI=1S/C6H12FN.C6H12/c1-5-2-3-8-4-6(5)7;1-2-6-4-3-5-6/h5-6,8H,2-4H2,1H3;6H,2-5H2,1H3.